The number of amides is 1. The van der Waals surface area contributed by atoms with Crippen LogP contribution in [0.15, 0.2) is 18.2 Å². The quantitative estimate of drug-likeness (QED) is 0.835. The third kappa shape index (κ3) is 3.73. The van der Waals surface area contributed by atoms with Crippen molar-refractivity contribution < 1.29 is 9.90 Å². The topological polar surface area (TPSA) is 49.3 Å². The molecule has 0 saturated heterocycles. The van der Waals surface area contributed by atoms with Gasteiger partial charge in [-0.1, -0.05) is 30.4 Å². The summed E-state index contributed by atoms with van der Waals surface area (Å²) < 4.78 is 0. The van der Waals surface area contributed by atoms with Crippen LogP contribution in [-0.2, 0) is 4.79 Å². The van der Waals surface area contributed by atoms with E-state index in [1.54, 1.807) is 18.2 Å². The van der Waals surface area contributed by atoms with Crippen LogP contribution in [0.5, 0.6) is 0 Å². The molecule has 0 aromatic heterocycles. The fourth-order valence-electron chi connectivity index (χ4n) is 1.86. The molecule has 4 heteroatoms. The molecule has 0 bridgehead atoms. The van der Waals surface area contributed by atoms with Crippen molar-refractivity contribution in [2.75, 3.05) is 11.9 Å². The molecule has 1 amide bonds. The first kappa shape index (κ1) is 13.9. The van der Waals surface area contributed by atoms with Gasteiger partial charge in [-0.15, -0.1) is 0 Å². The number of anilines is 1. The predicted octanol–water partition coefficient (Wildman–Crippen LogP) is 2.67. The number of aliphatic hydroxyl groups is 1. The molecule has 1 aromatic rings. The highest BCUT2D eigenvalue weighted by Crippen LogP contribution is 2.38. The number of nitrogens with one attached hydrogen (secondary N) is 1. The van der Waals surface area contributed by atoms with E-state index >= 15 is 0 Å². The minimum Gasteiger partial charge on any atom is -0.395 e. The van der Waals surface area contributed by atoms with Crippen LogP contribution in [0, 0.1) is 23.7 Å². The molecule has 2 unspecified atom stereocenters. The average Bonchev–Trinajstić information content (AvgIpc) is 3.09. The number of hydrogen-bond donors (Lipinski definition) is 2. The van der Waals surface area contributed by atoms with E-state index in [-0.39, 0.29) is 18.4 Å². The van der Waals surface area contributed by atoms with Gasteiger partial charge in [0.1, 0.15) is 0 Å². The van der Waals surface area contributed by atoms with Crippen molar-refractivity contribution in [3.63, 3.8) is 0 Å². The number of rotatable bonds is 3. The Hall–Kier alpha value is -1.50. The zero-order chi connectivity index (χ0) is 13.8. The maximum absolute atomic E-state index is 11.9. The number of hydrogen-bond acceptors (Lipinski definition) is 2. The normalized spacial score (nSPS) is 20.4. The third-order valence-electron chi connectivity index (χ3n) is 3.15. The highest BCUT2D eigenvalue weighted by Gasteiger charge is 2.39. The van der Waals surface area contributed by atoms with Gasteiger partial charge in [0.25, 0.3) is 0 Å². The first-order chi connectivity index (χ1) is 9.11. The maximum atomic E-state index is 11.9. The second kappa shape index (κ2) is 6.10. The Labute approximate surface area is 118 Å². The molecule has 0 spiro atoms. The minimum absolute atomic E-state index is 0.0278. The van der Waals surface area contributed by atoms with Crippen LogP contribution in [0.2, 0.25) is 5.02 Å². The predicted molar refractivity (Wildman–Crippen MR) is 75.9 cm³/mol. The molecule has 0 radical (unpaired) electrons. The lowest BCUT2D eigenvalue weighted by Crippen LogP contribution is -2.15. The number of benzene rings is 1. The Balaban J connectivity index is 2.15. The van der Waals surface area contributed by atoms with Gasteiger partial charge in [0.05, 0.1) is 12.3 Å². The highest BCUT2D eigenvalue weighted by atomic mass is 35.5. The molecule has 1 fully saturated rings. The SMILES string of the molecule is CC1CC1C(=O)Nc1cc(Cl)ccc1C#CCCO. The Morgan fingerprint density at radius 3 is 2.95 bits per heavy atom. The average molecular weight is 278 g/mol. The Morgan fingerprint density at radius 1 is 1.58 bits per heavy atom. The van der Waals surface area contributed by atoms with E-state index in [1.165, 1.54) is 0 Å². The van der Waals surface area contributed by atoms with Crippen molar-refractivity contribution in [1.82, 2.24) is 0 Å². The van der Waals surface area contributed by atoms with Crippen molar-refractivity contribution in [1.29, 1.82) is 0 Å². The summed E-state index contributed by atoms with van der Waals surface area (Å²) in [6.07, 6.45) is 1.35. The molecule has 0 heterocycles. The molecule has 3 nitrogen and oxygen atoms in total. The number of carbonyl (C=O) groups excluding carboxylic acids is 1. The van der Waals surface area contributed by atoms with Crippen LogP contribution in [0.3, 0.4) is 0 Å². The van der Waals surface area contributed by atoms with E-state index in [2.05, 4.69) is 24.1 Å². The summed E-state index contributed by atoms with van der Waals surface area (Å²) in [6, 6.07) is 5.22. The number of aliphatic hydroxyl groups excluding tert-OH is 1. The van der Waals surface area contributed by atoms with Gasteiger partial charge < -0.3 is 10.4 Å². The smallest absolute Gasteiger partial charge is 0.227 e. The molecule has 1 aromatic carbocycles. The molecule has 2 N–H and O–H groups in total. The van der Waals surface area contributed by atoms with Crippen molar-refractivity contribution >= 4 is 23.2 Å². The zero-order valence-corrected chi connectivity index (χ0v) is 11.5. The second-order valence-electron chi connectivity index (χ2n) is 4.77. The lowest BCUT2D eigenvalue weighted by atomic mass is 10.1. The second-order valence-corrected chi connectivity index (χ2v) is 5.21. The van der Waals surface area contributed by atoms with E-state index < -0.39 is 0 Å². The van der Waals surface area contributed by atoms with Crippen LogP contribution >= 0.6 is 11.6 Å². The first-order valence-corrected chi connectivity index (χ1v) is 6.69. The fourth-order valence-corrected chi connectivity index (χ4v) is 2.03. The molecule has 2 atom stereocenters. The molecule has 100 valence electrons. The monoisotopic (exact) mass is 277 g/mol. The standard InChI is InChI=1S/C15H16ClNO2/c1-10-8-13(10)15(19)17-14-9-12(16)6-5-11(14)4-2-3-7-18/h5-6,9-10,13,18H,3,7-8H2,1H3,(H,17,19). The van der Waals surface area contributed by atoms with Gasteiger partial charge in [0.15, 0.2) is 0 Å². The van der Waals surface area contributed by atoms with E-state index in [9.17, 15) is 4.79 Å². The summed E-state index contributed by atoms with van der Waals surface area (Å²) in [5.41, 5.74) is 1.36. The Bertz CT molecular complexity index is 545. The third-order valence-corrected chi connectivity index (χ3v) is 3.38. The van der Waals surface area contributed by atoms with Crippen LogP contribution in [0.4, 0.5) is 5.69 Å². The van der Waals surface area contributed by atoms with E-state index in [1.807, 2.05) is 0 Å². The minimum atomic E-state index is 0.0278. The first-order valence-electron chi connectivity index (χ1n) is 6.32. The van der Waals surface area contributed by atoms with Crippen LogP contribution < -0.4 is 5.32 Å². The van der Waals surface area contributed by atoms with Gasteiger partial charge in [0, 0.05) is 22.9 Å². The van der Waals surface area contributed by atoms with Crippen molar-refractivity contribution in [2.45, 2.75) is 19.8 Å². The van der Waals surface area contributed by atoms with Crippen LogP contribution in [-0.4, -0.2) is 17.6 Å². The molecule has 0 aliphatic heterocycles. The molecule has 2 rings (SSSR count). The molecule has 1 aliphatic carbocycles. The van der Waals surface area contributed by atoms with Gasteiger partial charge in [0.2, 0.25) is 5.91 Å². The lowest BCUT2D eigenvalue weighted by Gasteiger charge is -2.07. The van der Waals surface area contributed by atoms with Crippen LogP contribution in [0.25, 0.3) is 0 Å². The van der Waals surface area contributed by atoms with Gasteiger partial charge in [-0.25, -0.2) is 0 Å². The fraction of sp³-hybridized carbons (Fsp3) is 0.400. The van der Waals surface area contributed by atoms with Gasteiger partial charge >= 0.3 is 0 Å². The Morgan fingerprint density at radius 2 is 2.32 bits per heavy atom. The summed E-state index contributed by atoms with van der Waals surface area (Å²) in [4.78, 5) is 11.9. The van der Waals surface area contributed by atoms with Gasteiger partial charge in [-0.3, -0.25) is 4.79 Å². The molecule has 1 aliphatic rings. The molecular formula is C15H16ClNO2. The van der Waals surface area contributed by atoms with Gasteiger partial charge in [-0.2, -0.15) is 0 Å². The summed E-state index contributed by atoms with van der Waals surface area (Å²) in [6.45, 7) is 2.09. The summed E-state index contributed by atoms with van der Waals surface area (Å²) in [7, 11) is 0. The number of halogens is 1. The highest BCUT2D eigenvalue weighted by molar-refractivity contribution is 6.31. The van der Waals surface area contributed by atoms with Crippen molar-refractivity contribution in [2.24, 2.45) is 11.8 Å². The molecule has 19 heavy (non-hydrogen) atoms. The lowest BCUT2D eigenvalue weighted by molar-refractivity contribution is -0.117. The summed E-state index contributed by atoms with van der Waals surface area (Å²) in [5.74, 6) is 6.38. The van der Waals surface area contributed by atoms with Gasteiger partial charge in [-0.05, 0) is 30.5 Å². The maximum Gasteiger partial charge on any atom is 0.227 e. The van der Waals surface area contributed by atoms with E-state index in [0.29, 0.717) is 23.0 Å². The number of carbonyl (C=O) groups is 1. The van der Waals surface area contributed by atoms with Crippen molar-refractivity contribution in [3.8, 4) is 11.8 Å². The largest absolute Gasteiger partial charge is 0.395 e. The van der Waals surface area contributed by atoms with Crippen LogP contribution in [0.1, 0.15) is 25.3 Å². The van der Waals surface area contributed by atoms with E-state index in [4.69, 9.17) is 16.7 Å². The van der Waals surface area contributed by atoms with Crippen molar-refractivity contribution in [3.05, 3.63) is 28.8 Å². The van der Waals surface area contributed by atoms with E-state index in [0.717, 1.165) is 12.0 Å². The molecular weight excluding hydrogens is 262 g/mol. The zero-order valence-electron chi connectivity index (χ0n) is 10.7. The Kier molecular flexibility index (Phi) is 4.47. The summed E-state index contributed by atoms with van der Waals surface area (Å²) >= 11 is 5.95. The summed E-state index contributed by atoms with van der Waals surface area (Å²) in [5, 5.41) is 12.2. The molecule has 1 saturated carbocycles.